The average Bonchev–Trinajstić information content (AvgIpc) is 3.27. The SMILES string of the molecule is CO[C@@H](C)c1c(NC(=O)Nc2cnc(-n3nccn3)c(Cl)c2)cnc2ccc(C)nc12. The van der Waals surface area contributed by atoms with Gasteiger partial charge in [0.15, 0.2) is 5.82 Å². The summed E-state index contributed by atoms with van der Waals surface area (Å²) in [5, 5.41) is 13.8. The van der Waals surface area contributed by atoms with E-state index in [1.54, 1.807) is 19.4 Å². The number of hydrogen-bond acceptors (Lipinski definition) is 7. The number of aryl methyl sites for hydroxylation is 1. The van der Waals surface area contributed by atoms with E-state index in [0.717, 1.165) is 11.3 Å². The molecule has 0 aliphatic rings. The number of urea groups is 1. The number of halogens is 1. The molecule has 0 saturated heterocycles. The van der Waals surface area contributed by atoms with Crippen LogP contribution in [-0.4, -0.2) is 43.1 Å². The first kappa shape index (κ1) is 20.6. The third-order valence-electron chi connectivity index (χ3n) is 4.59. The summed E-state index contributed by atoms with van der Waals surface area (Å²) >= 11 is 6.26. The number of pyridine rings is 3. The number of amides is 2. The van der Waals surface area contributed by atoms with E-state index in [0.29, 0.717) is 28.2 Å². The average molecular weight is 439 g/mol. The van der Waals surface area contributed by atoms with Gasteiger partial charge in [-0.15, -0.1) is 4.80 Å². The summed E-state index contributed by atoms with van der Waals surface area (Å²) in [6.45, 7) is 3.78. The Morgan fingerprint density at radius 3 is 2.65 bits per heavy atom. The number of ether oxygens (including phenoxy) is 1. The maximum Gasteiger partial charge on any atom is 0.323 e. The molecule has 0 saturated carbocycles. The number of methoxy groups -OCH3 is 1. The predicted molar refractivity (Wildman–Crippen MR) is 117 cm³/mol. The number of nitrogens with one attached hydrogen (secondary N) is 2. The standard InChI is InChI=1S/C20H19ClN8O2/c1-11-4-5-15-18(26-11)17(12(2)31-3)16(10-22-15)28-20(30)27-13-8-14(21)19(23-9-13)29-24-6-7-25-29/h4-10,12H,1-3H3,(H2,27,28,30)/t12-/m0/s1. The molecule has 2 amide bonds. The molecule has 0 bridgehead atoms. The van der Waals surface area contributed by atoms with E-state index >= 15 is 0 Å². The van der Waals surface area contributed by atoms with Crippen molar-refractivity contribution >= 4 is 40.0 Å². The van der Waals surface area contributed by atoms with Crippen molar-refractivity contribution in [2.24, 2.45) is 0 Å². The van der Waals surface area contributed by atoms with Crippen molar-refractivity contribution in [1.82, 2.24) is 29.9 Å². The molecule has 0 aromatic carbocycles. The first-order valence-corrected chi connectivity index (χ1v) is 9.73. The second kappa shape index (κ2) is 8.62. The van der Waals surface area contributed by atoms with Gasteiger partial charge in [-0.1, -0.05) is 11.6 Å². The molecule has 4 aromatic heterocycles. The van der Waals surface area contributed by atoms with Crippen molar-refractivity contribution < 1.29 is 9.53 Å². The van der Waals surface area contributed by atoms with Gasteiger partial charge in [-0.2, -0.15) is 10.2 Å². The van der Waals surface area contributed by atoms with Gasteiger partial charge < -0.3 is 15.4 Å². The highest BCUT2D eigenvalue weighted by atomic mass is 35.5. The molecule has 4 aromatic rings. The van der Waals surface area contributed by atoms with Crippen LogP contribution in [0.2, 0.25) is 5.02 Å². The van der Waals surface area contributed by atoms with E-state index in [-0.39, 0.29) is 11.1 Å². The zero-order valence-electron chi connectivity index (χ0n) is 17.0. The lowest BCUT2D eigenvalue weighted by molar-refractivity contribution is 0.121. The lowest BCUT2D eigenvalue weighted by Crippen LogP contribution is -2.21. The molecule has 0 aliphatic heterocycles. The Kier molecular flexibility index (Phi) is 5.74. The van der Waals surface area contributed by atoms with Gasteiger partial charge in [-0.3, -0.25) is 9.97 Å². The van der Waals surface area contributed by atoms with Crippen molar-refractivity contribution in [3.05, 3.63) is 59.3 Å². The second-order valence-electron chi connectivity index (χ2n) is 6.71. The number of anilines is 2. The summed E-state index contributed by atoms with van der Waals surface area (Å²) in [5.74, 6) is 0.356. The van der Waals surface area contributed by atoms with Crippen molar-refractivity contribution in [3.63, 3.8) is 0 Å². The van der Waals surface area contributed by atoms with E-state index in [1.165, 1.54) is 23.4 Å². The maximum absolute atomic E-state index is 12.7. The Labute approximate surface area is 182 Å². The predicted octanol–water partition coefficient (Wildman–Crippen LogP) is 3.92. The van der Waals surface area contributed by atoms with Crippen molar-refractivity contribution in [2.45, 2.75) is 20.0 Å². The Morgan fingerprint density at radius 2 is 1.94 bits per heavy atom. The molecule has 0 spiro atoms. The van der Waals surface area contributed by atoms with Crippen LogP contribution in [0.5, 0.6) is 0 Å². The molecule has 0 radical (unpaired) electrons. The monoisotopic (exact) mass is 438 g/mol. The van der Waals surface area contributed by atoms with Gasteiger partial charge in [-0.05, 0) is 32.0 Å². The number of nitrogens with zero attached hydrogens (tertiary/aromatic N) is 6. The topological polar surface area (TPSA) is 120 Å². The summed E-state index contributed by atoms with van der Waals surface area (Å²) < 4.78 is 5.51. The number of fused-ring (bicyclic) bond motifs is 1. The van der Waals surface area contributed by atoms with E-state index in [4.69, 9.17) is 16.3 Å². The Bertz CT molecular complexity index is 1250. The number of carbonyl (C=O) groups excluding carboxylic acids is 1. The van der Waals surface area contributed by atoms with E-state index in [1.807, 2.05) is 26.0 Å². The molecule has 0 fully saturated rings. The molecule has 4 heterocycles. The largest absolute Gasteiger partial charge is 0.377 e. The minimum atomic E-state index is -0.485. The van der Waals surface area contributed by atoms with Crippen LogP contribution in [0.25, 0.3) is 16.9 Å². The van der Waals surface area contributed by atoms with E-state index in [2.05, 4.69) is 35.8 Å². The normalized spacial score (nSPS) is 12.0. The highest BCUT2D eigenvalue weighted by Gasteiger charge is 2.19. The van der Waals surface area contributed by atoms with Crippen LogP contribution >= 0.6 is 11.6 Å². The molecule has 11 heteroatoms. The first-order valence-electron chi connectivity index (χ1n) is 9.35. The van der Waals surface area contributed by atoms with Crippen LogP contribution in [0.3, 0.4) is 0 Å². The molecular weight excluding hydrogens is 420 g/mol. The van der Waals surface area contributed by atoms with E-state index in [9.17, 15) is 4.79 Å². The molecular formula is C20H19ClN8O2. The van der Waals surface area contributed by atoms with Crippen LogP contribution in [0.15, 0.2) is 43.0 Å². The smallest absolute Gasteiger partial charge is 0.323 e. The first-order chi connectivity index (χ1) is 15.0. The molecule has 10 nitrogen and oxygen atoms in total. The van der Waals surface area contributed by atoms with E-state index < -0.39 is 6.03 Å². The number of hydrogen-bond donors (Lipinski definition) is 2. The fourth-order valence-corrected chi connectivity index (χ4v) is 3.31. The van der Waals surface area contributed by atoms with Gasteiger partial charge in [0, 0.05) is 18.4 Å². The number of aromatic nitrogens is 6. The molecule has 2 N–H and O–H groups in total. The zero-order valence-corrected chi connectivity index (χ0v) is 17.8. The lowest BCUT2D eigenvalue weighted by atomic mass is 10.1. The Balaban J connectivity index is 1.59. The van der Waals surface area contributed by atoms with Crippen LogP contribution in [0, 0.1) is 6.92 Å². The highest BCUT2D eigenvalue weighted by molar-refractivity contribution is 6.32. The summed E-state index contributed by atoms with van der Waals surface area (Å²) in [6, 6.07) is 4.85. The lowest BCUT2D eigenvalue weighted by Gasteiger charge is -2.18. The maximum atomic E-state index is 12.7. The van der Waals surface area contributed by atoms with Gasteiger partial charge in [-0.25, -0.2) is 9.78 Å². The molecule has 158 valence electrons. The number of rotatable bonds is 5. The van der Waals surface area contributed by atoms with Crippen molar-refractivity contribution in [3.8, 4) is 5.82 Å². The van der Waals surface area contributed by atoms with Crippen LogP contribution < -0.4 is 10.6 Å². The zero-order chi connectivity index (χ0) is 22.0. The van der Waals surface area contributed by atoms with Gasteiger partial charge in [0.1, 0.15) is 0 Å². The van der Waals surface area contributed by atoms with Gasteiger partial charge in [0.25, 0.3) is 0 Å². The Morgan fingerprint density at radius 1 is 1.16 bits per heavy atom. The number of carbonyl (C=O) groups is 1. The molecule has 4 rings (SSSR count). The summed E-state index contributed by atoms with van der Waals surface area (Å²) in [7, 11) is 1.60. The molecule has 1 atom stereocenters. The van der Waals surface area contributed by atoms with Crippen molar-refractivity contribution in [1.29, 1.82) is 0 Å². The molecule has 0 unspecified atom stereocenters. The third kappa shape index (κ3) is 4.30. The summed E-state index contributed by atoms with van der Waals surface area (Å²) in [5.41, 5.74) is 3.87. The fourth-order valence-electron chi connectivity index (χ4n) is 3.07. The minimum absolute atomic E-state index is 0.287. The fraction of sp³-hybridized carbons (Fsp3) is 0.200. The van der Waals surface area contributed by atoms with Gasteiger partial charge in [0.2, 0.25) is 0 Å². The minimum Gasteiger partial charge on any atom is -0.377 e. The molecule has 0 aliphatic carbocycles. The van der Waals surface area contributed by atoms with Crippen LogP contribution in [-0.2, 0) is 4.74 Å². The van der Waals surface area contributed by atoms with Crippen LogP contribution in [0.4, 0.5) is 16.2 Å². The highest BCUT2D eigenvalue weighted by Crippen LogP contribution is 2.31. The summed E-state index contributed by atoms with van der Waals surface area (Å²) in [6.07, 6.45) is 5.77. The van der Waals surface area contributed by atoms with Gasteiger partial charge in [0.05, 0.1) is 58.3 Å². The quantitative estimate of drug-likeness (QED) is 0.484. The summed E-state index contributed by atoms with van der Waals surface area (Å²) in [4.78, 5) is 27.2. The van der Waals surface area contributed by atoms with Gasteiger partial charge >= 0.3 is 6.03 Å². The third-order valence-corrected chi connectivity index (χ3v) is 4.87. The van der Waals surface area contributed by atoms with Crippen LogP contribution in [0.1, 0.15) is 24.3 Å². The Hall–Kier alpha value is -3.63. The van der Waals surface area contributed by atoms with Crippen molar-refractivity contribution in [2.75, 3.05) is 17.7 Å². The molecule has 31 heavy (non-hydrogen) atoms. The second-order valence-corrected chi connectivity index (χ2v) is 7.12.